The van der Waals surface area contributed by atoms with Crippen LogP contribution in [0.25, 0.3) is 39.2 Å². The van der Waals surface area contributed by atoms with Gasteiger partial charge in [-0.3, -0.25) is 9.81 Å². The van der Waals surface area contributed by atoms with Gasteiger partial charge in [0.05, 0.1) is 33.8 Å². The van der Waals surface area contributed by atoms with Crippen molar-refractivity contribution in [1.82, 2.24) is 14.4 Å². The van der Waals surface area contributed by atoms with Crippen LogP contribution in [0.1, 0.15) is 36.1 Å². The number of anilines is 3. The monoisotopic (exact) mass is 631 g/mol. The normalized spacial score (nSPS) is 13.3. The Labute approximate surface area is 285 Å². The Kier molecular flexibility index (Phi) is 6.56. The molecule has 0 radical (unpaired) electrons. The summed E-state index contributed by atoms with van der Waals surface area (Å²) in [7, 11) is 0. The summed E-state index contributed by atoms with van der Waals surface area (Å²) >= 11 is 0. The largest absolute Gasteiger partial charge is 0.310 e. The van der Waals surface area contributed by atoms with Crippen molar-refractivity contribution in [2.24, 2.45) is 0 Å². The number of nitrogens with one attached hydrogen (secondary N) is 1. The predicted molar refractivity (Wildman–Crippen MR) is 201 cm³/mol. The van der Waals surface area contributed by atoms with Crippen LogP contribution < -0.4 is 4.90 Å². The summed E-state index contributed by atoms with van der Waals surface area (Å²) in [4.78, 5) is 11.9. The number of para-hydroxylation sites is 4. The average Bonchev–Trinajstić information content (AvgIpc) is 3.53. The summed E-state index contributed by atoms with van der Waals surface area (Å²) in [5.74, 6) is 0.677. The molecule has 0 bridgehead atoms. The van der Waals surface area contributed by atoms with Crippen LogP contribution in [0.4, 0.5) is 17.1 Å². The molecule has 3 heterocycles. The molecule has 0 unspecified atom stereocenters. The van der Waals surface area contributed by atoms with Crippen LogP contribution >= 0.6 is 0 Å². The molecule has 1 aliphatic rings. The second-order valence-electron chi connectivity index (χ2n) is 13.2. The number of benzene rings is 6. The molecule has 9 rings (SSSR count). The van der Waals surface area contributed by atoms with Crippen LogP contribution in [0.3, 0.4) is 0 Å². The molecule has 2 aromatic heterocycles. The minimum Gasteiger partial charge on any atom is -0.310 e. The number of hydrogen-bond acceptors (Lipinski definition) is 4. The molecule has 0 amide bonds. The number of fused-ring (bicyclic) bond motifs is 5. The van der Waals surface area contributed by atoms with Gasteiger partial charge < -0.3 is 4.90 Å². The lowest BCUT2D eigenvalue weighted by Crippen LogP contribution is -2.30. The minimum atomic E-state index is -0.0795. The molecule has 0 spiro atoms. The van der Waals surface area contributed by atoms with Crippen LogP contribution in [0.5, 0.6) is 0 Å². The first-order chi connectivity index (χ1) is 24.0. The third-order valence-electron chi connectivity index (χ3n) is 9.92. The van der Waals surface area contributed by atoms with E-state index in [9.17, 15) is 0 Å². The van der Waals surface area contributed by atoms with Crippen molar-refractivity contribution in [3.05, 3.63) is 180 Å². The Morgan fingerprint density at radius 3 is 1.71 bits per heavy atom. The van der Waals surface area contributed by atoms with Gasteiger partial charge in [0.15, 0.2) is 0 Å². The van der Waals surface area contributed by atoms with Gasteiger partial charge in [0.25, 0.3) is 0 Å². The number of rotatable bonds is 5. The second kappa shape index (κ2) is 11.1. The molecule has 6 aromatic carbocycles. The first-order valence-electron chi connectivity index (χ1n) is 16.6. The maximum Gasteiger partial charge on any atom is 0.235 e. The van der Waals surface area contributed by atoms with Gasteiger partial charge in [0.1, 0.15) is 0 Å². The summed E-state index contributed by atoms with van der Waals surface area (Å²) in [6, 6.07) is 52.7. The zero-order valence-corrected chi connectivity index (χ0v) is 27.3. The molecule has 8 aromatic rings. The van der Waals surface area contributed by atoms with Crippen molar-refractivity contribution >= 4 is 39.6 Å². The molecule has 1 aliphatic heterocycles. The Balaban J connectivity index is 0.947. The van der Waals surface area contributed by atoms with Crippen molar-refractivity contribution < 1.29 is 0 Å². The molecule has 0 saturated carbocycles. The number of aromatic nitrogens is 3. The van der Waals surface area contributed by atoms with E-state index in [-0.39, 0.29) is 5.41 Å². The Hall–Kier alpha value is -6.33. The van der Waals surface area contributed by atoms with Crippen molar-refractivity contribution in [2.75, 3.05) is 4.90 Å². The second-order valence-corrected chi connectivity index (χ2v) is 13.2. The summed E-state index contributed by atoms with van der Waals surface area (Å²) < 4.78 is 2.01. The number of hydrogen-bond donors (Lipinski definition) is 1. The van der Waals surface area contributed by atoms with Crippen molar-refractivity contribution in [2.45, 2.75) is 19.3 Å². The summed E-state index contributed by atoms with van der Waals surface area (Å²) in [6.45, 7) is 4.62. The Morgan fingerprint density at radius 1 is 0.551 bits per heavy atom. The van der Waals surface area contributed by atoms with E-state index in [4.69, 9.17) is 10.4 Å². The quantitative estimate of drug-likeness (QED) is 0.192. The van der Waals surface area contributed by atoms with Gasteiger partial charge in [-0.1, -0.05) is 123 Å². The van der Waals surface area contributed by atoms with Crippen LogP contribution in [-0.4, -0.2) is 20.1 Å². The molecule has 0 aliphatic carbocycles. The first kappa shape index (κ1) is 28.9. The van der Waals surface area contributed by atoms with E-state index < -0.39 is 0 Å². The van der Waals surface area contributed by atoms with Gasteiger partial charge in [0.2, 0.25) is 5.78 Å². The van der Waals surface area contributed by atoms with E-state index in [1.54, 1.807) is 0 Å². The van der Waals surface area contributed by atoms with Crippen molar-refractivity contribution in [1.29, 1.82) is 5.41 Å². The molecule has 5 heteroatoms. The molecule has 0 atom stereocenters. The lowest BCUT2D eigenvalue weighted by molar-refractivity contribution is 0.632. The van der Waals surface area contributed by atoms with E-state index in [0.717, 1.165) is 50.2 Å². The topological polar surface area (TPSA) is 57.3 Å². The average molecular weight is 632 g/mol. The summed E-state index contributed by atoms with van der Waals surface area (Å²) in [5.41, 5.74) is 14.4. The minimum absolute atomic E-state index is 0.0795. The fourth-order valence-corrected chi connectivity index (χ4v) is 7.26. The van der Waals surface area contributed by atoms with Crippen molar-refractivity contribution in [3.63, 3.8) is 0 Å². The molecule has 49 heavy (non-hydrogen) atoms. The zero-order valence-electron chi connectivity index (χ0n) is 27.3. The van der Waals surface area contributed by atoms with Gasteiger partial charge in [-0.15, -0.1) is 0 Å². The fourth-order valence-electron chi connectivity index (χ4n) is 7.26. The predicted octanol–water partition coefficient (Wildman–Crippen LogP) is 10.7. The van der Waals surface area contributed by atoms with E-state index in [1.807, 2.05) is 71.3 Å². The third-order valence-corrected chi connectivity index (χ3v) is 9.92. The molecular weight excluding hydrogens is 599 g/mol. The lowest BCUT2D eigenvalue weighted by atomic mass is 9.73. The molecule has 0 fully saturated rings. The van der Waals surface area contributed by atoms with E-state index >= 15 is 0 Å². The smallest absolute Gasteiger partial charge is 0.235 e. The fraction of sp³-hybridized carbons (Fsp3) is 0.0682. The summed E-state index contributed by atoms with van der Waals surface area (Å²) in [6.07, 6.45) is 2.02. The Bertz CT molecular complexity index is 2470. The Morgan fingerprint density at radius 2 is 1.08 bits per heavy atom. The number of imidazole rings is 1. The van der Waals surface area contributed by atoms with E-state index in [2.05, 4.69) is 115 Å². The molecule has 234 valence electrons. The molecule has 1 N–H and O–H groups in total. The summed E-state index contributed by atoms with van der Waals surface area (Å²) in [5, 5.41) is 8.94. The van der Waals surface area contributed by atoms with Crippen molar-refractivity contribution in [3.8, 4) is 22.4 Å². The van der Waals surface area contributed by atoms with Crippen LogP contribution in [0.2, 0.25) is 0 Å². The molecule has 5 nitrogen and oxygen atoms in total. The van der Waals surface area contributed by atoms with Gasteiger partial charge in [-0.05, 0) is 64.7 Å². The van der Waals surface area contributed by atoms with E-state index in [0.29, 0.717) is 11.5 Å². The van der Waals surface area contributed by atoms with Crippen LogP contribution in [-0.2, 0) is 5.41 Å². The number of nitrogens with zero attached hydrogens (tertiary/aromatic N) is 4. The van der Waals surface area contributed by atoms with Crippen LogP contribution in [0.15, 0.2) is 158 Å². The highest BCUT2D eigenvalue weighted by atomic mass is 15.2. The van der Waals surface area contributed by atoms with Crippen LogP contribution in [0, 0.1) is 5.41 Å². The van der Waals surface area contributed by atoms with Gasteiger partial charge >= 0.3 is 0 Å². The molecular formula is C44H33N5. The first-order valence-corrected chi connectivity index (χ1v) is 16.6. The van der Waals surface area contributed by atoms with Gasteiger partial charge in [-0.2, -0.15) is 0 Å². The maximum atomic E-state index is 8.94. The van der Waals surface area contributed by atoms with E-state index in [1.165, 1.54) is 22.5 Å². The highest BCUT2D eigenvalue weighted by Gasteiger charge is 2.36. The van der Waals surface area contributed by atoms with Gasteiger partial charge in [0, 0.05) is 34.0 Å². The lowest BCUT2D eigenvalue weighted by Gasteiger charge is -2.42. The SMILES string of the molecule is CC1(C)c2ccccc2N(c2ccc(-c3ccc(C(=N)c4ccc(-c5ccn6c(n5)nc5ccccc56)cc4)cc3)cc2)c2ccccc21. The highest BCUT2D eigenvalue weighted by Crippen LogP contribution is 2.51. The zero-order chi connectivity index (χ0) is 33.1. The standard InChI is InChI=1S/C44H33N5/c1-44(2)35-9-3-6-12-39(35)49(40-13-7-4-10-36(40)44)34-25-23-30(24-26-34)29-15-19-32(20-16-29)42(45)33-21-17-31(18-22-33)37-27-28-48-41-14-8-5-11-38(41)47-43(48)46-37/h3-28,45H,1-2H3. The van der Waals surface area contributed by atoms with Gasteiger partial charge in [-0.25, -0.2) is 9.97 Å². The third kappa shape index (κ3) is 4.74. The maximum absolute atomic E-state index is 8.94. The molecule has 0 saturated heterocycles. The highest BCUT2D eigenvalue weighted by molar-refractivity contribution is 6.11.